The number of carbonyl (C=O) groups excluding carboxylic acids is 1. The lowest BCUT2D eigenvalue weighted by Gasteiger charge is -2.10. The Labute approximate surface area is 141 Å². The molecule has 3 rings (SSSR count). The number of benzene rings is 2. The minimum absolute atomic E-state index is 0.0861. The second-order valence-corrected chi connectivity index (χ2v) is 5.65. The van der Waals surface area contributed by atoms with Gasteiger partial charge in [0.25, 0.3) is 0 Å². The van der Waals surface area contributed by atoms with Gasteiger partial charge in [-0.3, -0.25) is 4.79 Å². The third kappa shape index (κ3) is 2.69. The molecule has 5 nitrogen and oxygen atoms in total. The largest absolute Gasteiger partial charge is 0.497 e. The van der Waals surface area contributed by atoms with Crippen molar-refractivity contribution < 1.29 is 9.53 Å². The zero-order chi connectivity index (χ0) is 17.3. The van der Waals surface area contributed by atoms with E-state index in [0.717, 1.165) is 45.8 Å². The molecule has 0 aliphatic rings. The van der Waals surface area contributed by atoms with Gasteiger partial charge >= 0.3 is 0 Å². The van der Waals surface area contributed by atoms with Crippen molar-refractivity contribution in [2.45, 2.75) is 20.4 Å². The number of aryl methyl sites for hydroxylation is 1. The molecule has 2 aromatic carbocycles. The van der Waals surface area contributed by atoms with E-state index < -0.39 is 0 Å². The van der Waals surface area contributed by atoms with Crippen LogP contribution in [0, 0.1) is 0 Å². The molecule has 1 heterocycles. The maximum absolute atomic E-state index is 11.2. The van der Waals surface area contributed by atoms with Crippen molar-refractivity contribution in [1.82, 2.24) is 4.57 Å². The lowest BCUT2D eigenvalue weighted by atomic mass is 10.1. The van der Waals surface area contributed by atoms with Gasteiger partial charge in [0.2, 0.25) is 5.91 Å². The summed E-state index contributed by atoms with van der Waals surface area (Å²) < 4.78 is 7.52. The molecular weight excluding hydrogens is 302 g/mol. The molecule has 0 spiro atoms. The fourth-order valence-corrected chi connectivity index (χ4v) is 3.04. The van der Waals surface area contributed by atoms with Gasteiger partial charge in [-0.1, -0.05) is 12.1 Å². The van der Waals surface area contributed by atoms with Gasteiger partial charge in [0.15, 0.2) is 0 Å². The first kappa shape index (κ1) is 15.9. The van der Waals surface area contributed by atoms with Crippen LogP contribution in [0.3, 0.4) is 0 Å². The van der Waals surface area contributed by atoms with Crippen molar-refractivity contribution in [3.63, 3.8) is 0 Å². The summed E-state index contributed by atoms with van der Waals surface area (Å²) in [6, 6.07) is 13.6. The van der Waals surface area contributed by atoms with Crippen LogP contribution in [-0.4, -0.2) is 17.6 Å². The van der Waals surface area contributed by atoms with Crippen molar-refractivity contribution in [3.8, 4) is 17.0 Å². The van der Waals surface area contributed by atoms with E-state index in [2.05, 4.69) is 16.8 Å². The molecule has 0 fully saturated rings. The summed E-state index contributed by atoms with van der Waals surface area (Å²) in [7, 11) is 1.66. The van der Waals surface area contributed by atoms with E-state index in [0.29, 0.717) is 0 Å². The topological polar surface area (TPSA) is 69.3 Å². The van der Waals surface area contributed by atoms with Gasteiger partial charge in [0, 0.05) is 36.2 Å². The smallest absolute Gasteiger partial charge is 0.221 e. The first-order valence-electron chi connectivity index (χ1n) is 7.89. The predicted molar refractivity (Wildman–Crippen MR) is 98.3 cm³/mol. The van der Waals surface area contributed by atoms with Crippen LogP contribution < -0.4 is 15.8 Å². The highest BCUT2D eigenvalue weighted by atomic mass is 16.5. The number of hydrogen-bond acceptors (Lipinski definition) is 3. The van der Waals surface area contributed by atoms with Gasteiger partial charge in [-0.2, -0.15) is 0 Å². The summed E-state index contributed by atoms with van der Waals surface area (Å²) >= 11 is 0. The van der Waals surface area contributed by atoms with Crippen molar-refractivity contribution in [1.29, 1.82) is 0 Å². The van der Waals surface area contributed by atoms with Crippen LogP contribution >= 0.6 is 0 Å². The maximum atomic E-state index is 11.2. The van der Waals surface area contributed by atoms with Crippen LogP contribution in [-0.2, 0) is 11.3 Å². The van der Waals surface area contributed by atoms with Gasteiger partial charge in [-0.15, -0.1) is 0 Å². The predicted octanol–water partition coefficient (Wildman–Crippen LogP) is 3.88. The van der Waals surface area contributed by atoms with Crippen molar-refractivity contribution in [2.75, 3.05) is 18.2 Å². The van der Waals surface area contributed by atoms with E-state index in [1.807, 2.05) is 42.5 Å². The number of nitrogen functional groups attached to an aromatic ring is 1. The summed E-state index contributed by atoms with van der Waals surface area (Å²) in [5.74, 6) is 0.722. The molecule has 0 unspecified atom stereocenters. The van der Waals surface area contributed by atoms with Crippen molar-refractivity contribution in [2.24, 2.45) is 0 Å². The van der Waals surface area contributed by atoms with Crippen LogP contribution in [0.4, 0.5) is 11.4 Å². The Kier molecular flexibility index (Phi) is 4.16. The highest BCUT2D eigenvalue weighted by Gasteiger charge is 2.16. The SMILES string of the molecule is CCn1c(-c2ccc(NC(C)=O)cc2)c(N)c2ccc(OC)cc21. The standard InChI is InChI=1S/C19H21N3O2/c1-4-22-17-11-15(24-3)9-10-16(17)18(20)19(22)13-5-7-14(8-6-13)21-12(2)23/h5-11H,4,20H2,1-3H3,(H,21,23). The number of nitrogens with two attached hydrogens (primary N) is 1. The van der Waals surface area contributed by atoms with Crippen LogP contribution in [0.2, 0.25) is 0 Å². The van der Waals surface area contributed by atoms with Crippen LogP contribution in [0.1, 0.15) is 13.8 Å². The molecule has 0 bridgehead atoms. The Hall–Kier alpha value is -2.95. The molecular formula is C19H21N3O2. The average Bonchev–Trinajstić information content (AvgIpc) is 2.86. The Morgan fingerprint density at radius 3 is 2.50 bits per heavy atom. The minimum atomic E-state index is -0.0861. The summed E-state index contributed by atoms with van der Waals surface area (Å²) in [6.07, 6.45) is 0. The first-order chi connectivity index (χ1) is 11.5. The summed E-state index contributed by atoms with van der Waals surface area (Å²) in [6.45, 7) is 4.38. The molecule has 0 radical (unpaired) electrons. The van der Waals surface area contributed by atoms with Crippen molar-refractivity contribution in [3.05, 3.63) is 42.5 Å². The molecule has 1 amide bonds. The lowest BCUT2D eigenvalue weighted by Crippen LogP contribution is -2.05. The number of carbonyl (C=O) groups is 1. The Morgan fingerprint density at radius 1 is 1.21 bits per heavy atom. The zero-order valence-electron chi connectivity index (χ0n) is 14.1. The third-order valence-corrected chi connectivity index (χ3v) is 4.11. The quantitative estimate of drug-likeness (QED) is 0.765. The Bertz CT molecular complexity index is 895. The van der Waals surface area contributed by atoms with Crippen LogP contribution in [0.5, 0.6) is 5.75 Å². The number of hydrogen-bond donors (Lipinski definition) is 2. The van der Waals surface area contributed by atoms with Gasteiger partial charge in [-0.25, -0.2) is 0 Å². The van der Waals surface area contributed by atoms with Crippen LogP contribution in [0.25, 0.3) is 22.2 Å². The monoisotopic (exact) mass is 323 g/mol. The number of nitrogens with zero attached hydrogens (tertiary/aromatic N) is 1. The molecule has 5 heteroatoms. The number of fused-ring (bicyclic) bond motifs is 1. The average molecular weight is 323 g/mol. The molecule has 0 aliphatic carbocycles. The number of aromatic nitrogens is 1. The first-order valence-corrected chi connectivity index (χ1v) is 7.89. The molecule has 0 aliphatic heterocycles. The minimum Gasteiger partial charge on any atom is -0.497 e. The van der Waals surface area contributed by atoms with E-state index in [-0.39, 0.29) is 5.91 Å². The molecule has 3 N–H and O–H groups in total. The van der Waals surface area contributed by atoms with E-state index >= 15 is 0 Å². The molecule has 0 saturated carbocycles. The zero-order valence-corrected chi connectivity index (χ0v) is 14.1. The van der Waals surface area contributed by atoms with E-state index in [1.165, 1.54) is 6.92 Å². The Morgan fingerprint density at radius 2 is 1.92 bits per heavy atom. The summed E-state index contributed by atoms with van der Waals surface area (Å²) in [4.78, 5) is 11.2. The highest BCUT2D eigenvalue weighted by Crippen LogP contribution is 2.37. The number of methoxy groups -OCH3 is 1. The molecule has 3 aromatic rings. The molecule has 124 valence electrons. The lowest BCUT2D eigenvalue weighted by molar-refractivity contribution is -0.114. The molecule has 0 saturated heterocycles. The number of ether oxygens (including phenoxy) is 1. The summed E-state index contributed by atoms with van der Waals surface area (Å²) in [5, 5.41) is 3.79. The molecule has 0 atom stereocenters. The van der Waals surface area contributed by atoms with Gasteiger partial charge < -0.3 is 20.4 Å². The van der Waals surface area contributed by atoms with E-state index in [9.17, 15) is 4.79 Å². The maximum Gasteiger partial charge on any atom is 0.221 e. The number of rotatable bonds is 4. The Balaban J connectivity index is 2.14. The van der Waals surface area contributed by atoms with Gasteiger partial charge in [-0.05, 0) is 31.2 Å². The van der Waals surface area contributed by atoms with Crippen molar-refractivity contribution >= 4 is 28.2 Å². The van der Waals surface area contributed by atoms with Gasteiger partial charge in [0.05, 0.1) is 24.0 Å². The number of amides is 1. The fourth-order valence-electron chi connectivity index (χ4n) is 3.04. The number of nitrogens with one attached hydrogen (secondary N) is 1. The summed E-state index contributed by atoms with van der Waals surface area (Å²) in [5.41, 5.74) is 11.0. The third-order valence-electron chi connectivity index (χ3n) is 4.11. The van der Waals surface area contributed by atoms with E-state index in [4.69, 9.17) is 10.5 Å². The normalized spacial score (nSPS) is 10.8. The second-order valence-electron chi connectivity index (χ2n) is 5.65. The highest BCUT2D eigenvalue weighted by molar-refractivity contribution is 6.01. The molecule has 1 aromatic heterocycles. The van der Waals surface area contributed by atoms with E-state index in [1.54, 1.807) is 7.11 Å². The number of anilines is 2. The molecule has 24 heavy (non-hydrogen) atoms. The fraction of sp³-hybridized carbons (Fsp3) is 0.211. The second kappa shape index (κ2) is 6.28. The van der Waals surface area contributed by atoms with Gasteiger partial charge in [0.1, 0.15) is 5.75 Å². The van der Waals surface area contributed by atoms with Crippen LogP contribution in [0.15, 0.2) is 42.5 Å².